The molecule has 1 aromatic rings. The smallest absolute Gasteiger partial charge is 0.319 e. The predicted octanol–water partition coefficient (Wildman–Crippen LogP) is 2.39. The summed E-state index contributed by atoms with van der Waals surface area (Å²) in [5.41, 5.74) is 2.22. The van der Waals surface area contributed by atoms with Crippen molar-refractivity contribution >= 4 is 17.6 Å². The largest absolute Gasteiger partial charge is 0.331 e. The van der Waals surface area contributed by atoms with Crippen molar-refractivity contribution in [2.24, 2.45) is 11.8 Å². The first-order chi connectivity index (χ1) is 10.9. The number of amides is 3. The average Bonchev–Trinajstić information content (AvgIpc) is 2.96. The van der Waals surface area contributed by atoms with Gasteiger partial charge in [-0.2, -0.15) is 0 Å². The minimum Gasteiger partial charge on any atom is -0.331 e. The van der Waals surface area contributed by atoms with E-state index in [9.17, 15) is 9.59 Å². The Hall–Kier alpha value is -2.04. The van der Waals surface area contributed by atoms with E-state index < -0.39 is 0 Å². The number of nitrogens with zero attached hydrogens (tertiary/aromatic N) is 3. The van der Waals surface area contributed by atoms with Gasteiger partial charge in [0.25, 0.3) is 0 Å². The highest BCUT2D eigenvalue weighted by molar-refractivity contribution is 5.96. The van der Waals surface area contributed by atoms with Gasteiger partial charge in [0.2, 0.25) is 5.91 Å². The van der Waals surface area contributed by atoms with Crippen LogP contribution < -0.4 is 4.90 Å². The van der Waals surface area contributed by atoms with Gasteiger partial charge in [-0.3, -0.25) is 4.79 Å². The third kappa shape index (κ3) is 2.69. The third-order valence-electron chi connectivity index (χ3n) is 4.90. The summed E-state index contributed by atoms with van der Waals surface area (Å²) in [7, 11) is 3.57. The number of hydrogen-bond donors (Lipinski definition) is 0. The molecule has 0 radical (unpaired) electrons. The van der Waals surface area contributed by atoms with Crippen LogP contribution in [0.2, 0.25) is 0 Å². The molecule has 0 unspecified atom stereocenters. The van der Waals surface area contributed by atoms with Crippen molar-refractivity contribution in [3.05, 3.63) is 29.8 Å². The average molecular weight is 315 g/mol. The number of hydrogen-bond acceptors (Lipinski definition) is 2. The second kappa shape index (κ2) is 5.87. The molecule has 1 aromatic carbocycles. The normalized spacial score (nSPS) is 22.8. The van der Waals surface area contributed by atoms with Crippen LogP contribution in [0.4, 0.5) is 10.5 Å². The molecule has 0 aliphatic carbocycles. The first kappa shape index (κ1) is 15.8. The molecule has 2 heterocycles. The molecule has 23 heavy (non-hydrogen) atoms. The minimum absolute atomic E-state index is 0.0273. The molecule has 0 N–H and O–H groups in total. The minimum atomic E-state index is -0.0273. The van der Waals surface area contributed by atoms with E-state index in [2.05, 4.69) is 6.07 Å². The first-order valence-electron chi connectivity index (χ1n) is 8.26. The van der Waals surface area contributed by atoms with Gasteiger partial charge in [-0.1, -0.05) is 32.0 Å². The Bertz CT molecular complexity index is 626. The van der Waals surface area contributed by atoms with Crippen LogP contribution in [0.15, 0.2) is 24.3 Å². The lowest BCUT2D eigenvalue weighted by Crippen LogP contribution is -2.43. The highest BCUT2D eigenvalue weighted by atomic mass is 16.2. The zero-order chi connectivity index (χ0) is 16.7. The Morgan fingerprint density at radius 1 is 1.13 bits per heavy atom. The summed E-state index contributed by atoms with van der Waals surface area (Å²) in [5, 5.41) is 0. The summed E-state index contributed by atoms with van der Waals surface area (Å²) in [6, 6.07) is 8.20. The quantitative estimate of drug-likeness (QED) is 0.799. The van der Waals surface area contributed by atoms with Crippen LogP contribution in [0, 0.1) is 11.8 Å². The van der Waals surface area contributed by atoms with Crippen LogP contribution in [-0.4, -0.2) is 55.5 Å². The number of para-hydroxylation sites is 1. The molecule has 2 atom stereocenters. The van der Waals surface area contributed by atoms with E-state index in [1.54, 1.807) is 19.0 Å². The molecule has 0 bridgehead atoms. The summed E-state index contributed by atoms with van der Waals surface area (Å²) in [6.45, 7) is 6.04. The fraction of sp³-hybridized carbons (Fsp3) is 0.556. The Balaban J connectivity index is 1.93. The van der Waals surface area contributed by atoms with Crippen LogP contribution in [0.3, 0.4) is 0 Å². The molecule has 3 amide bonds. The molecule has 0 spiro atoms. The van der Waals surface area contributed by atoms with Crippen molar-refractivity contribution < 1.29 is 9.59 Å². The molecular formula is C18H25N3O2. The van der Waals surface area contributed by atoms with Crippen molar-refractivity contribution in [3.63, 3.8) is 0 Å². The number of carbonyl (C=O) groups excluding carboxylic acids is 2. The maximum Gasteiger partial charge on any atom is 0.319 e. The number of fused-ring (bicyclic) bond motifs is 3. The lowest BCUT2D eigenvalue weighted by atomic mass is 9.83. The van der Waals surface area contributed by atoms with Gasteiger partial charge >= 0.3 is 6.03 Å². The predicted molar refractivity (Wildman–Crippen MR) is 90.5 cm³/mol. The van der Waals surface area contributed by atoms with E-state index in [1.807, 2.05) is 41.8 Å². The number of likely N-dealkylation sites (tertiary alicyclic amines) is 1. The molecule has 5 heteroatoms. The number of rotatable bonds is 1. The molecule has 3 rings (SSSR count). The van der Waals surface area contributed by atoms with E-state index >= 15 is 0 Å². The molecule has 1 fully saturated rings. The van der Waals surface area contributed by atoms with Gasteiger partial charge in [-0.25, -0.2) is 4.79 Å². The summed E-state index contributed by atoms with van der Waals surface area (Å²) in [5.74, 6) is 0.775. The van der Waals surface area contributed by atoms with Crippen LogP contribution in [-0.2, 0) is 4.79 Å². The van der Waals surface area contributed by atoms with Crippen molar-refractivity contribution in [1.29, 1.82) is 0 Å². The topological polar surface area (TPSA) is 43.9 Å². The van der Waals surface area contributed by atoms with Crippen LogP contribution >= 0.6 is 0 Å². The maximum atomic E-state index is 12.6. The first-order valence-corrected chi connectivity index (χ1v) is 8.26. The lowest BCUT2D eigenvalue weighted by Gasteiger charge is -2.37. The van der Waals surface area contributed by atoms with Crippen LogP contribution in [0.5, 0.6) is 0 Å². The Labute approximate surface area is 137 Å². The van der Waals surface area contributed by atoms with E-state index in [0.29, 0.717) is 18.4 Å². The number of carbonyl (C=O) groups is 2. The fourth-order valence-electron chi connectivity index (χ4n) is 3.75. The van der Waals surface area contributed by atoms with E-state index in [0.717, 1.165) is 18.8 Å². The Morgan fingerprint density at radius 3 is 2.48 bits per heavy atom. The Morgan fingerprint density at radius 2 is 1.83 bits per heavy atom. The molecule has 5 nitrogen and oxygen atoms in total. The van der Waals surface area contributed by atoms with Crippen molar-refractivity contribution in [1.82, 2.24) is 9.80 Å². The van der Waals surface area contributed by atoms with Gasteiger partial charge in [0.1, 0.15) is 0 Å². The van der Waals surface area contributed by atoms with E-state index in [-0.39, 0.29) is 17.9 Å². The fourth-order valence-corrected chi connectivity index (χ4v) is 3.75. The van der Waals surface area contributed by atoms with Gasteiger partial charge in [0.15, 0.2) is 0 Å². The molecule has 2 aliphatic rings. The van der Waals surface area contributed by atoms with E-state index in [4.69, 9.17) is 0 Å². The van der Waals surface area contributed by atoms with Gasteiger partial charge in [0.05, 0.1) is 0 Å². The van der Waals surface area contributed by atoms with Crippen molar-refractivity contribution in [2.45, 2.75) is 19.8 Å². The van der Waals surface area contributed by atoms with Gasteiger partial charge in [0, 0.05) is 57.2 Å². The maximum absolute atomic E-state index is 12.6. The number of benzene rings is 1. The molecule has 2 aliphatic heterocycles. The molecule has 1 saturated heterocycles. The zero-order valence-electron chi connectivity index (χ0n) is 14.3. The van der Waals surface area contributed by atoms with Gasteiger partial charge in [-0.05, 0) is 11.6 Å². The molecule has 0 aromatic heterocycles. The molecule has 0 saturated carbocycles. The number of anilines is 1. The van der Waals surface area contributed by atoms with Crippen LogP contribution in [0.25, 0.3) is 0 Å². The monoisotopic (exact) mass is 315 g/mol. The molecular weight excluding hydrogens is 290 g/mol. The standard InChI is InChI=1S/C18H25N3O2/c1-12(2)17(22)21-10-13-9-20(18(23)19(3)4)11-15(13)14-7-5-6-8-16(14)21/h5-8,12-13,15H,9-11H2,1-4H3/t13-,15+/m0/s1. The summed E-state index contributed by atoms with van der Waals surface area (Å²) in [6.07, 6.45) is 0. The third-order valence-corrected chi connectivity index (χ3v) is 4.90. The SMILES string of the molecule is CC(C)C(=O)N1C[C@@H]2CN(C(=O)N(C)C)C[C@H]2c2ccccc21. The second-order valence-electron chi connectivity index (χ2n) is 7.11. The lowest BCUT2D eigenvalue weighted by molar-refractivity contribution is -0.121. The van der Waals surface area contributed by atoms with E-state index in [1.165, 1.54) is 5.56 Å². The highest BCUT2D eigenvalue weighted by Crippen LogP contribution is 2.43. The van der Waals surface area contributed by atoms with Crippen LogP contribution in [0.1, 0.15) is 25.3 Å². The molecule has 124 valence electrons. The summed E-state index contributed by atoms with van der Waals surface area (Å²) >= 11 is 0. The van der Waals surface area contributed by atoms with Crippen molar-refractivity contribution in [2.75, 3.05) is 38.6 Å². The Kier molecular flexibility index (Phi) is 4.04. The summed E-state index contributed by atoms with van der Waals surface area (Å²) in [4.78, 5) is 30.4. The summed E-state index contributed by atoms with van der Waals surface area (Å²) < 4.78 is 0. The highest BCUT2D eigenvalue weighted by Gasteiger charge is 2.43. The van der Waals surface area contributed by atoms with Gasteiger partial charge in [-0.15, -0.1) is 0 Å². The second-order valence-corrected chi connectivity index (χ2v) is 7.11. The van der Waals surface area contributed by atoms with Gasteiger partial charge < -0.3 is 14.7 Å². The van der Waals surface area contributed by atoms with Crippen molar-refractivity contribution in [3.8, 4) is 0 Å². The number of urea groups is 1. The zero-order valence-corrected chi connectivity index (χ0v) is 14.3.